The number of nitrogens with one attached hydrogen (secondary N) is 3. The quantitative estimate of drug-likeness (QED) is 0.610. The van der Waals surface area contributed by atoms with Crippen molar-refractivity contribution in [1.29, 1.82) is 0 Å². The summed E-state index contributed by atoms with van der Waals surface area (Å²) in [6.07, 6.45) is 2.71. The fraction of sp³-hybridized carbons (Fsp3) is 0.375. The molecule has 1 atom stereocenters. The van der Waals surface area contributed by atoms with Crippen molar-refractivity contribution in [2.75, 3.05) is 11.9 Å². The summed E-state index contributed by atoms with van der Waals surface area (Å²) in [4.78, 5) is 18.8. The standard InChI is InChI=1S/C8H10FN5O/c9-5-3-10-8(11-4-5)13-7(15)6-1-2-12-14-6/h3-4,6,12,14H,1-2H2,(H,10,11,13,15). The molecule has 0 radical (unpaired) electrons. The molecule has 3 N–H and O–H groups in total. The van der Waals surface area contributed by atoms with Crippen molar-refractivity contribution in [3.8, 4) is 0 Å². The first-order valence-electron chi connectivity index (χ1n) is 4.52. The molecule has 2 heterocycles. The molecule has 1 amide bonds. The number of hydrogen-bond donors (Lipinski definition) is 3. The Bertz CT molecular complexity index is 349. The second-order valence-corrected chi connectivity index (χ2v) is 3.13. The van der Waals surface area contributed by atoms with Crippen molar-refractivity contribution in [1.82, 2.24) is 20.8 Å². The molecule has 0 spiro atoms. The number of hydrazine groups is 1. The molecule has 1 aliphatic rings. The number of carbonyl (C=O) groups excluding carboxylic acids is 1. The van der Waals surface area contributed by atoms with Gasteiger partial charge in [0.05, 0.1) is 12.4 Å². The Balaban J connectivity index is 1.96. The van der Waals surface area contributed by atoms with Crippen LogP contribution in [0.25, 0.3) is 0 Å². The fourth-order valence-corrected chi connectivity index (χ4v) is 1.25. The van der Waals surface area contributed by atoms with E-state index in [1.807, 2.05) is 0 Å². The number of nitrogens with zero attached hydrogens (tertiary/aromatic N) is 2. The average molecular weight is 211 g/mol. The van der Waals surface area contributed by atoms with Gasteiger partial charge in [-0.25, -0.2) is 19.8 Å². The Morgan fingerprint density at radius 3 is 2.87 bits per heavy atom. The van der Waals surface area contributed by atoms with Crippen molar-refractivity contribution in [3.05, 3.63) is 18.2 Å². The molecule has 0 aliphatic carbocycles. The van der Waals surface area contributed by atoms with E-state index >= 15 is 0 Å². The molecule has 1 unspecified atom stereocenters. The molecule has 7 heteroatoms. The molecule has 1 saturated heterocycles. The Hall–Kier alpha value is -1.60. The smallest absolute Gasteiger partial charge is 0.245 e. The Morgan fingerprint density at radius 2 is 2.27 bits per heavy atom. The van der Waals surface area contributed by atoms with Gasteiger partial charge in [0.15, 0.2) is 5.82 Å². The largest absolute Gasteiger partial charge is 0.293 e. The molecule has 15 heavy (non-hydrogen) atoms. The topological polar surface area (TPSA) is 78.9 Å². The van der Waals surface area contributed by atoms with Gasteiger partial charge in [-0.3, -0.25) is 15.5 Å². The summed E-state index contributed by atoms with van der Waals surface area (Å²) in [5.41, 5.74) is 5.63. The van der Waals surface area contributed by atoms with Gasteiger partial charge in [0.2, 0.25) is 11.9 Å². The first kappa shape index (κ1) is 9.94. The molecule has 6 nitrogen and oxygen atoms in total. The van der Waals surface area contributed by atoms with E-state index in [4.69, 9.17) is 0 Å². The van der Waals surface area contributed by atoms with E-state index in [-0.39, 0.29) is 17.9 Å². The maximum Gasteiger partial charge on any atom is 0.245 e. The van der Waals surface area contributed by atoms with Gasteiger partial charge in [0, 0.05) is 6.54 Å². The molecule has 80 valence electrons. The highest BCUT2D eigenvalue weighted by Gasteiger charge is 2.22. The molecular formula is C8H10FN5O. The summed E-state index contributed by atoms with van der Waals surface area (Å²) in [6, 6.07) is -0.293. The van der Waals surface area contributed by atoms with Crippen LogP contribution in [0.1, 0.15) is 6.42 Å². The number of rotatable bonds is 2. The molecule has 1 aromatic rings. The van der Waals surface area contributed by atoms with Gasteiger partial charge in [0.25, 0.3) is 0 Å². The van der Waals surface area contributed by atoms with E-state index in [9.17, 15) is 9.18 Å². The second kappa shape index (κ2) is 4.28. The lowest BCUT2D eigenvalue weighted by molar-refractivity contribution is -0.117. The van der Waals surface area contributed by atoms with Crippen molar-refractivity contribution in [3.63, 3.8) is 0 Å². The number of amides is 1. The second-order valence-electron chi connectivity index (χ2n) is 3.13. The van der Waals surface area contributed by atoms with Crippen LogP contribution in [0.15, 0.2) is 12.4 Å². The van der Waals surface area contributed by atoms with Gasteiger partial charge in [-0.1, -0.05) is 0 Å². The summed E-state index contributed by atoms with van der Waals surface area (Å²) in [7, 11) is 0. The van der Waals surface area contributed by atoms with E-state index in [0.29, 0.717) is 6.42 Å². The van der Waals surface area contributed by atoms with E-state index in [2.05, 4.69) is 26.1 Å². The molecule has 1 fully saturated rings. The zero-order valence-corrected chi connectivity index (χ0v) is 7.83. The van der Waals surface area contributed by atoms with E-state index in [1.165, 1.54) is 0 Å². The lowest BCUT2D eigenvalue weighted by Gasteiger charge is -2.08. The molecular weight excluding hydrogens is 201 g/mol. The maximum atomic E-state index is 12.5. The first-order valence-corrected chi connectivity index (χ1v) is 4.52. The summed E-state index contributed by atoms with van der Waals surface area (Å²) in [5, 5.41) is 2.48. The highest BCUT2D eigenvalue weighted by Crippen LogP contribution is 2.02. The molecule has 1 aliphatic heterocycles. The Labute approximate surface area is 85.3 Å². The third-order valence-corrected chi connectivity index (χ3v) is 2.01. The minimum atomic E-state index is -0.534. The van der Waals surface area contributed by atoms with E-state index < -0.39 is 5.82 Å². The van der Waals surface area contributed by atoms with Gasteiger partial charge in [0.1, 0.15) is 6.04 Å². The number of carbonyl (C=O) groups is 1. The monoisotopic (exact) mass is 211 g/mol. The van der Waals surface area contributed by atoms with Crippen LogP contribution in [0.3, 0.4) is 0 Å². The lowest BCUT2D eigenvalue weighted by atomic mass is 10.2. The van der Waals surface area contributed by atoms with Crippen LogP contribution in [0, 0.1) is 5.82 Å². The molecule has 1 aromatic heterocycles. The van der Waals surface area contributed by atoms with Gasteiger partial charge in [-0.2, -0.15) is 0 Å². The van der Waals surface area contributed by atoms with Crippen LogP contribution in [0.4, 0.5) is 10.3 Å². The molecule has 2 rings (SSSR count). The highest BCUT2D eigenvalue weighted by molar-refractivity contribution is 5.93. The van der Waals surface area contributed by atoms with Crippen molar-refractivity contribution in [2.24, 2.45) is 0 Å². The minimum absolute atomic E-state index is 0.107. The predicted octanol–water partition coefficient (Wildman–Crippen LogP) is -0.579. The van der Waals surface area contributed by atoms with Gasteiger partial charge in [-0.05, 0) is 6.42 Å². The summed E-state index contributed by atoms with van der Waals surface area (Å²) >= 11 is 0. The van der Waals surface area contributed by atoms with Gasteiger partial charge >= 0.3 is 0 Å². The van der Waals surface area contributed by atoms with Gasteiger partial charge in [-0.15, -0.1) is 0 Å². The number of anilines is 1. The van der Waals surface area contributed by atoms with Crippen LogP contribution in [-0.2, 0) is 4.79 Å². The minimum Gasteiger partial charge on any atom is -0.293 e. The van der Waals surface area contributed by atoms with Crippen LogP contribution < -0.4 is 16.2 Å². The van der Waals surface area contributed by atoms with Crippen LogP contribution in [0.5, 0.6) is 0 Å². The molecule has 0 bridgehead atoms. The Morgan fingerprint density at radius 1 is 1.53 bits per heavy atom. The van der Waals surface area contributed by atoms with Crippen LogP contribution >= 0.6 is 0 Å². The zero-order chi connectivity index (χ0) is 10.7. The van der Waals surface area contributed by atoms with E-state index in [0.717, 1.165) is 18.9 Å². The summed E-state index contributed by atoms with van der Waals surface area (Å²) < 4.78 is 12.5. The van der Waals surface area contributed by atoms with Crippen molar-refractivity contribution >= 4 is 11.9 Å². The predicted molar refractivity (Wildman–Crippen MR) is 50.2 cm³/mol. The lowest BCUT2D eigenvalue weighted by Crippen LogP contribution is -2.39. The van der Waals surface area contributed by atoms with Crippen molar-refractivity contribution in [2.45, 2.75) is 12.5 Å². The van der Waals surface area contributed by atoms with Crippen LogP contribution in [0.2, 0.25) is 0 Å². The number of halogens is 1. The number of hydrogen-bond acceptors (Lipinski definition) is 5. The maximum absolute atomic E-state index is 12.5. The average Bonchev–Trinajstić information content (AvgIpc) is 2.74. The first-order chi connectivity index (χ1) is 7.25. The zero-order valence-electron chi connectivity index (χ0n) is 7.83. The molecule has 0 aromatic carbocycles. The third-order valence-electron chi connectivity index (χ3n) is 2.01. The third kappa shape index (κ3) is 2.45. The highest BCUT2D eigenvalue weighted by atomic mass is 19.1. The normalized spacial score (nSPS) is 20.2. The van der Waals surface area contributed by atoms with Gasteiger partial charge < -0.3 is 0 Å². The fourth-order valence-electron chi connectivity index (χ4n) is 1.25. The van der Waals surface area contributed by atoms with Crippen LogP contribution in [-0.4, -0.2) is 28.5 Å². The van der Waals surface area contributed by atoms with Crippen molar-refractivity contribution < 1.29 is 9.18 Å². The van der Waals surface area contributed by atoms with E-state index in [1.54, 1.807) is 0 Å². The SMILES string of the molecule is O=C(Nc1ncc(F)cn1)C1CCNN1. The molecule has 0 saturated carbocycles. The Kier molecular flexibility index (Phi) is 2.84. The summed E-state index contributed by atoms with van der Waals surface area (Å²) in [5.74, 6) is -0.657. The summed E-state index contributed by atoms with van der Waals surface area (Å²) in [6.45, 7) is 0.738. The number of aromatic nitrogens is 2.